The van der Waals surface area contributed by atoms with Crippen molar-refractivity contribution in [1.82, 2.24) is 0 Å². The number of rotatable bonds is 4. The summed E-state index contributed by atoms with van der Waals surface area (Å²) in [6.07, 6.45) is 1.45. The van der Waals surface area contributed by atoms with Crippen molar-refractivity contribution < 1.29 is 9.53 Å². The third-order valence-electron chi connectivity index (χ3n) is 2.95. The van der Waals surface area contributed by atoms with Gasteiger partial charge in [0.15, 0.2) is 0 Å². The second-order valence-electron chi connectivity index (χ2n) is 4.52. The van der Waals surface area contributed by atoms with Crippen molar-refractivity contribution in [2.45, 2.75) is 0 Å². The van der Waals surface area contributed by atoms with Crippen LogP contribution in [0.4, 0.5) is 5.69 Å². The van der Waals surface area contributed by atoms with Gasteiger partial charge in [0.1, 0.15) is 17.4 Å². The van der Waals surface area contributed by atoms with E-state index >= 15 is 0 Å². The molecule has 0 heterocycles. The maximum absolute atomic E-state index is 12.1. The highest BCUT2D eigenvalue weighted by atomic mass is 35.5. The number of benzene rings is 2. The lowest BCUT2D eigenvalue weighted by atomic mass is 10.1. The molecule has 6 heteroatoms. The second kappa shape index (κ2) is 7.68. The van der Waals surface area contributed by atoms with Gasteiger partial charge in [0.25, 0.3) is 5.91 Å². The molecule has 0 aromatic heterocycles. The summed E-state index contributed by atoms with van der Waals surface area (Å²) in [4.78, 5) is 12.1. The smallest absolute Gasteiger partial charge is 0.266 e. The van der Waals surface area contributed by atoms with Crippen molar-refractivity contribution in [2.75, 3.05) is 12.4 Å². The second-order valence-corrected chi connectivity index (χ2v) is 5.37. The Morgan fingerprint density at radius 3 is 2.48 bits per heavy atom. The lowest BCUT2D eigenvalue weighted by molar-refractivity contribution is -0.112. The van der Waals surface area contributed by atoms with Crippen molar-refractivity contribution in [3.8, 4) is 11.8 Å². The zero-order valence-electron chi connectivity index (χ0n) is 12.1. The van der Waals surface area contributed by atoms with Gasteiger partial charge in [-0.05, 0) is 48.0 Å². The molecule has 0 spiro atoms. The summed E-state index contributed by atoms with van der Waals surface area (Å²) in [6.45, 7) is 0. The Balaban J connectivity index is 2.21. The van der Waals surface area contributed by atoms with Crippen molar-refractivity contribution in [2.24, 2.45) is 0 Å². The monoisotopic (exact) mass is 346 g/mol. The Labute approximate surface area is 143 Å². The number of anilines is 1. The largest absolute Gasteiger partial charge is 0.495 e. The van der Waals surface area contributed by atoms with Gasteiger partial charge in [-0.3, -0.25) is 4.79 Å². The van der Waals surface area contributed by atoms with Crippen LogP contribution in [0, 0.1) is 11.3 Å². The molecule has 0 aliphatic carbocycles. The van der Waals surface area contributed by atoms with E-state index in [0.717, 1.165) is 0 Å². The molecule has 0 aliphatic rings. The molecule has 4 nitrogen and oxygen atoms in total. The van der Waals surface area contributed by atoms with E-state index < -0.39 is 5.91 Å². The minimum absolute atomic E-state index is 0.0406. The first-order valence-electron chi connectivity index (χ1n) is 6.55. The van der Waals surface area contributed by atoms with Crippen LogP contribution in [-0.4, -0.2) is 13.0 Å². The van der Waals surface area contributed by atoms with E-state index in [-0.39, 0.29) is 5.57 Å². The summed E-state index contributed by atoms with van der Waals surface area (Å²) < 4.78 is 5.06. The highest BCUT2D eigenvalue weighted by Crippen LogP contribution is 2.26. The van der Waals surface area contributed by atoms with Gasteiger partial charge in [-0.15, -0.1) is 0 Å². The lowest BCUT2D eigenvalue weighted by Gasteiger charge is -2.05. The molecule has 0 bridgehead atoms. The van der Waals surface area contributed by atoms with Gasteiger partial charge in [0, 0.05) is 10.7 Å². The summed E-state index contributed by atoms with van der Waals surface area (Å²) in [5, 5.41) is 12.8. The number of carbonyl (C=O) groups is 1. The summed E-state index contributed by atoms with van der Waals surface area (Å²) in [7, 11) is 1.51. The number of hydrogen-bond acceptors (Lipinski definition) is 3. The van der Waals surface area contributed by atoms with Crippen LogP contribution in [0.1, 0.15) is 5.56 Å². The van der Waals surface area contributed by atoms with E-state index in [0.29, 0.717) is 27.0 Å². The Kier molecular flexibility index (Phi) is 5.64. The first-order valence-corrected chi connectivity index (χ1v) is 7.31. The normalized spacial score (nSPS) is 10.8. The van der Waals surface area contributed by atoms with Crippen molar-refractivity contribution >= 4 is 40.9 Å². The molecule has 2 rings (SSSR count). The molecule has 2 aromatic carbocycles. The number of methoxy groups -OCH3 is 1. The van der Waals surface area contributed by atoms with Crippen LogP contribution in [-0.2, 0) is 4.79 Å². The number of halogens is 2. The molecule has 0 radical (unpaired) electrons. The van der Waals surface area contributed by atoms with Gasteiger partial charge in [-0.1, -0.05) is 29.3 Å². The van der Waals surface area contributed by atoms with Gasteiger partial charge in [-0.25, -0.2) is 0 Å². The van der Waals surface area contributed by atoms with E-state index in [1.807, 2.05) is 6.07 Å². The maximum Gasteiger partial charge on any atom is 0.266 e. The average Bonchev–Trinajstić information content (AvgIpc) is 2.54. The van der Waals surface area contributed by atoms with Gasteiger partial charge in [0.2, 0.25) is 0 Å². The fourth-order valence-electron chi connectivity index (χ4n) is 1.82. The zero-order valence-corrected chi connectivity index (χ0v) is 13.7. The van der Waals surface area contributed by atoms with E-state index in [1.165, 1.54) is 13.2 Å². The van der Waals surface area contributed by atoms with E-state index in [9.17, 15) is 10.1 Å². The number of ether oxygens (including phenoxy) is 1. The first-order chi connectivity index (χ1) is 11.0. The van der Waals surface area contributed by atoms with Crippen LogP contribution in [0.25, 0.3) is 6.08 Å². The number of amides is 1. The number of hydrogen-bond donors (Lipinski definition) is 1. The molecule has 0 saturated heterocycles. The van der Waals surface area contributed by atoms with Crippen molar-refractivity contribution in [3.63, 3.8) is 0 Å². The number of nitrogens with zero attached hydrogens (tertiary/aromatic N) is 1. The Bertz CT molecular complexity index is 793. The molecule has 1 N–H and O–H groups in total. The van der Waals surface area contributed by atoms with E-state index in [2.05, 4.69) is 5.32 Å². The molecular weight excluding hydrogens is 335 g/mol. The molecular formula is C17H12Cl2N2O2. The number of nitriles is 1. The molecule has 2 aromatic rings. The quantitative estimate of drug-likeness (QED) is 0.652. The van der Waals surface area contributed by atoms with E-state index in [1.54, 1.807) is 42.5 Å². The predicted octanol–water partition coefficient (Wildman–Crippen LogP) is 4.55. The standard InChI is InChI=1S/C17H12Cl2N2O2/c1-23-16-7-2-11(9-15(16)19)8-12(10-20)17(22)21-14-5-3-13(18)4-6-14/h2-9H,1H3,(H,21,22)/b12-8+. The summed E-state index contributed by atoms with van der Waals surface area (Å²) in [6, 6.07) is 13.5. The third-order valence-corrected chi connectivity index (χ3v) is 3.50. The molecule has 0 atom stereocenters. The Morgan fingerprint density at radius 2 is 1.91 bits per heavy atom. The van der Waals surface area contributed by atoms with Crippen LogP contribution in [0.2, 0.25) is 10.0 Å². The molecule has 0 fully saturated rings. The van der Waals surface area contributed by atoms with Crippen LogP contribution < -0.4 is 10.1 Å². The fraction of sp³-hybridized carbons (Fsp3) is 0.0588. The Hall–Kier alpha value is -2.48. The minimum Gasteiger partial charge on any atom is -0.495 e. The van der Waals surface area contributed by atoms with Crippen LogP contribution >= 0.6 is 23.2 Å². The molecule has 23 heavy (non-hydrogen) atoms. The number of carbonyl (C=O) groups excluding carboxylic acids is 1. The summed E-state index contributed by atoms with van der Waals surface area (Å²) in [5.74, 6) is 0.00898. The van der Waals surface area contributed by atoms with Crippen molar-refractivity contribution in [3.05, 3.63) is 63.6 Å². The SMILES string of the molecule is COc1ccc(/C=C(\C#N)C(=O)Nc2ccc(Cl)cc2)cc1Cl. The summed E-state index contributed by atoms with van der Waals surface area (Å²) >= 11 is 11.8. The summed E-state index contributed by atoms with van der Waals surface area (Å²) in [5.41, 5.74) is 1.13. The molecule has 0 aliphatic heterocycles. The van der Waals surface area contributed by atoms with Crippen LogP contribution in [0.5, 0.6) is 5.75 Å². The topological polar surface area (TPSA) is 62.1 Å². The zero-order chi connectivity index (χ0) is 16.8. The molecule has 0 unspecified atom stereocenters. The fourth-order valence-corrected chi connectivity index (χ4v) is 2.21. The maximum atomic E-state index is 12.1. The molecule has 0 saturated carbocycles. The highest BCUT2D eigenvalue weighted by Gasteiger charge is 2.10. The molecule has 116 valence electrons. The highest BCUT2D eigenvalue weighted by molar-refractivity contribution is 6.32. The first kappa shape index (κ1) is 16.9. The molecule has 1 amide bonds. The van der Waals surface area contributed by atoms with Gasteiger partial charge < -0.3 is 10.1 Å². The van der Waals surface area contributed by atoms with Crippen LogP contribution in [0.3, 0.4) is 0 Å². The number of nitrogens with one attached hydrogen (secondary N) is 1. The van der Waals surface area contributed by atoms with Crippen molar-refractivity contribution in [1.29, 1.82) is 5.26 Å². The average molecular weight is 347 g/mol. The van der Waals surface area contributed by atoms with E-state index in [4.69, 9.17) is 27.9 Å². The van der Waals surface area contributed by atoms with Crippen LogP contribution in [0.15, 0.2) is 48.0 Å². The Morgan fingerprint density at radius 1 is 1.22 bits per heavy atom. The van der Waals surface area contributed by atoms with Gasteiger partial charge in [-0.2, -0.15) is 5.26 Å². The third kappa shape index (κ3) is 4.49. The van der Waals surface area contributed by atoms with Gasteiger partial charge >= 0.3 is 0 Å². The van der Waals surface area contributed by atoms with Gasteiger partial charge in [0.05, 0.1) is 12.1 Å². The minimum atomic E-state index is -0.512. The lowest BCUT2D eigenvalue weighted by Crippen LogP contribution is -2.13. The predicted molar refractivity (Wildman–Crippen MR) is 91.7 cm³/mol.